The molecule has 3 saturated carbocycles. The molecule has 2 bridgehead atoms. The molecule has 0 N–H and O–H groups in total. The number of ether oxygens (including phenoxy) is 3. The molecule has 1 heterocycles. The van der Waals surface area contributed by atoms with Gasteiger partial charge in [0.25, 0.3) is 0 Å². The van der Waals surface area contributed by atoms with Crippen LogP contribution < -0.4 is 0 Å². The highest BCUT2D eigenvalue weighted by Crippen LogP contribution is 2.80. The van der Waals surface area contributed by atoms with Crippen molar-refractivity contribution in [3.63, 3.8) is 0 Å². The third-order valence-electron chi connectivity index (χ3n) is 11.3. The highest BCUT2D eigenvalue weighted by atomic mass is 16.6. The average molecular weight is 509 g/mol. The van der Waals surface area contributed by atoms with Crippen molar-refractivity contribution >= 4 is 23.9 Å². The zero-order valence-electron chi connectivity index (χ0n) is 22.3. The Hall–Kier alpha value is -2.70. The van der Waals surface area contributed by atoms with Crippen molar-refractivity contribution in [1.29, 1.82) is 0 Å². The van der Waals surface area contributed by atoms with Crippen LogP contribution in [0.15, 0.2) is 35.6 Å². The Morgan fingerprint density at radius 2 is 1.73 bits per heavy atom. The number of esters is 4. The number of hydrogen-bond donors (Lipinski definition) is 0. The van der Waals surface area contributed by atoms with Gasteiger partial charge < -0.3 is 14.2 Å². The Labute approximate surface area is 217 Å². The minimum atomic E-state index is -0.621. The van der Waals surface area contributed by atoms with E-state index in [0.29, 0.717) is 6.42 Å². The number of fused-ring (bicyclic) bond motifs is 1. The molecule has 6 aliphatic carbocycles. The molecule has 2 spiro atoms. The highest BCUT2D eigenvalue weighted by molar-refractivity contribution is 5.99. The Kier molecular flexibility index (Phi) is 5.11. The molecule has 37 heavy (non-hydrogen) atoms. The second kappa shape index (κ2) is 7.67. The summed E-state index contributed by atoms with van der Waals surface area (Å²) in [5, 5.41) is 0. The Balaban J connectivity index is 1.50. The normalized spacial score (nSPS) is 47.3. The van der Waals surface area contributed by atoms with Crippen molar-refractivity contribution in [3.05, 3.63) is 35.6 Å². The molecule has 7 heteroatoms. The molecule has 0 aromatic heterocycles. The number of cyclic esters (lactones) is 2. The van der Waals surface area contributed by atoms with E-state index in [9.17, 15) is 19.2 Å². The lowest BCUT2D eigenvalue weighted by Crippen LogP contribution is -2.68. The fourth-order valence-electron chi connectivity index (χ4n) is 10.1. The van der Waals surface area contributed by atoms with Gasteiger partial charge in [0.05, 0.1) is 18.1 Å². The van der Waals surface area contributed by atoms with E-state index in [0.717, 1.165) is 37.7 Å². The Morgan fingerprint density at radius 1 is 1.00 bits per heavy atom. The molecule has 4 fully saturated rings. The smallest absolute Gasteiger partial charge is 0.318 e. The van der Waals surface area contributed by atoms with Gasteiger partial charge in [-0.15, -0.1) is 0 Å². The SMILES string of the molecule is CC(=O)O/C=C(\C)[C@@H]1CC[C@@H]2[C@]1(C)CC=C1[C@@]23C=C[C@@]2(C[C@H](OC(C)=O)CC[C@]12C)[C@@H]1C(=O)OC(=O)[C@H]13. The molecule has 0 unspecified atom stereocenters. The maximum Gasteiger partial charge on any atom is 0.318 e. The van der Waals surface area contributed by atoms with E-state index in [4.69, 9.17) is 14.2 Å². The maximum absolute atomic E-state index is 13.5. The van der Waals surface area contributed by atoms with Crippen molar-refractivity contribution in [3.8, 4) is 0 Å². The fourth-order valence-corrected chi connectivity index (χ4v) is 10.1. The molecular weight excluding hydrogens is 472 g/mol. The van der Waals surface area contributed by atoms with E-state index in [2.05, 4.69) is 32.1 Å². The number of hydrogen-bond acceptors (Lipinski definition) is 7. The lowest BCUT2D eigenvalue weighted by Gasteiger charge is -2.71. The van der Waals surface area contributed by atoms with Crippen LogP contribution in [-0.4, -0.2) is 30.0 Å². The van der Waals surface area contributed by atoms with Gasteiger partial charge in [0.2, 0.25) is 0 Å². The van der Waals surface area contributed by atoms with E-state index >= 15 is 0 Å². The van der Waals surface area contributed by atoms with E-state index in [1.54, 1.807) is 6.26 Å². The summed E-state index contributed by atoms with van der Waals surface area (Å²) in [7, 11) is 0. The second-order valence-electron chi connectivity index (χ2n) is 12.8. The van der Waals surface area contributed by atoms with Crippen LogP contribution >= 0.6 is 0 Å². The monoisotopic (exact) mass is 508 g/mol. The van der Waals surface area contributed by atoms with Gasteiger partial charge in [-0.2, -0.15) is 0 Å². The van der Waals surface area contributed by atoms with E-state index in [1.165, 1.54) is 19.4 Å². The first-order chi connectivity index (χ1) is 17.4. The summed E-state index contributed by atoms with van der Waals surface area (Å²) in [5.74, 6) is -2.31. The van der Waals surface area contributed by atoms with Crippen LogP contribution in [0.3, 0.4) is 0 Å². The number of carbonyl (C=O) groups is 4. The van der Waals surface area contributed by atoms with Crippen LogP contribution in [0.5, 0.6) is 0 Å². The molecule has 0 aromatic carbocycles. The van der Waals surface area contributed by atoms with Crippen LogP contribution in [-0.2, 0) is 33.4 Å². The Morgan fingerprint density at radius 3 is 2.43 bits per heavy atom. The van der Waals surface area contributed by atoms with Gasteiger partial charge in [-0.3, -0.25) is 19.2 Å². The van der Waals surface area contributed by atoms with Crippen LogP contribution in [0.2, 0.25) is 0 Å². The molecule has 1 aliphatic heterocycles. The summed E-state index contributed by atoms with van der Waals surface area (Å²) in [6.07, 6.45) is 12.9. The van der Waals surface area contributed by atoms with Gasteiger partial charge in [-0.1, -0.05) is 37.6 Å². The van der Waals surface area contributed by atoms with Crippen LogP contribution in [0.1, 0.15) is 73.1 Å². The zero-order valence-corrected chi connectivity index (χ0v) is 22.3. The number of allylic oxidation sites excluding steroid dienone is 5. The summed E-state index contributed by atoms with van der Waals surface area (Å²) >= 11 is 0. The van der Waals surface area contributed by atoms with Crippen LogP contribution in [0.4, 0.5) is 0 Å². The van der Waals surface area contributed by atoms with Crippen molar-refractivity contribution < 1.29 is 33.4 Å². The first-order valence-electron chi connectivity index (χ1n) is 13.6. The largest absolute Gasteiger partial charge is 0.463 e. The summed E-state index contributed by atoms with van der Waals surface area (Å²) < 4.78 is 16.4. The molecule has 198 valence electrons. The maximum atomic E-state index is 13.5. The van der Waals surface area contributed by atoms with Gasteiger partial charge >= 0.3 is 23.9 Å². The summed E-state index contributed by atoms with van der Waals surface area (Å²) in [6.45, 7) is 9.40. The highest BCUT2D eigenvalue weighted by Gasteiger charge is 2.79. The van der Waals surface area contributed by atoms with Gasteiger partial charge in [0.15, 0.2) is 0 Å². The minimum Gasteiger partial charge on any atom is -0.463 e. The van der Waals surface area contributed by atoms with Crippen molar-refractivity contribution in [1.82, 2.24) is 0 Å². The molecule has 7 aliphatic rings. The third kappa shape index (κ3) is 2.89. The summed E-state index contributed by atoms with van der Waals surface area (Å²) in [6, 6.07) is 0. The first-order valence-corrected chi connectivity index (χ1v) is 13.6. The van der Waals surface area contributed by atoms with Gasteiger partial charge in [0, 0.05) is 24.7 Å². The number of carbonyl (C=O) groups excluding carboxylic acids is 4. The minimum absolute atomic E-state index is 0.147. The van der Waals surface area contributed by atoms with Crippen molar-refractivity contribution in [2.75, 3.05) is 0 Å². The molecule has 7 nitrogen and oxygen atoms in total. The van der Waals surface area contributed by atoms with E-state index < -0.39 is 34.6 Å². The molecule has 0 amide bonds. The predicted molar refractivity (Wildman–Crippen MR) is 132 cm³/mol. The zero-order chi connectivity index (χ0) is 26.5. The second-order valence-corrected chi connectivity index (χ2v) is 12.8. The van der Waals surface area contributed by atoms with Crippen molar-refractivity contribution in [2.24, 2.45) is 45.3 Å². The van der Waals surface area contributed by atoms with E-state index in [-0.39, 0.29) is 40.7 Å². The molecule has 7 rings (SSSR count). The summed E-state index contributed by atoms with van der Waals surface area (Å²) in [5.41, 5.74) is 0.625. The molecule has 9 atom stereocenters. The molecule has 0 aromatic rings. The third-order valence-corrected chi connectivity index (χ3v) is 11.3. The van der Waals surface area contributed by atoms with Crippen LogP contribution in [0, 0.1) is 45.3 Å². The first kappa shape index (κ1) is 24.6. The van der Waals surface area contributed by atoms with E-state index in [1.807, 2.05) is 6.92 Å². The van der Waals surface area contributed by atoms with Gasteiger partial charge in [-0.05, 0) is 73.7 Å². The summed E-state index contributed by atoms with van der Waals surface area (Å²) in [4.78, 5) is 50.2. The van der Waals surface area contributed by atoms with Gasteiger partial charge in [0.1, 0.15) is 6.10 Å². The lowest BCUT2D eigenvalue weighted by molar-refractivity contribution is -0.174. The standard InChI is InChI=1S/C30H36O7/c1-16(15-35-17(2)31)20-6-7-21-27(20,4)10-9-22-28(5)11-8-19(36-18(3)32)14-29(28)12-13-30(21,22)24-23(29)25(33)37-26(24)34/h9,12-13,15,19-21,23-24H,6-8,10-11,14H2,1-5H3/b16-15+/t19-,20+,21-,23+,24+,27-,28-,29-,30-/m1/s1. The van der Waals surface area contributed by atoms with Gasteiger partial charge in [-0.25, -0.2) is 0 Å². The molecule has 0 radical (unpaired) electrons. The molecule has 1 saturated heterocycles. The lowest BCUT2D eigenvalue weighted by atomic mass is 9.31. The average Bonchev–Trinajstić information content (AvgIpc) is 3.34. The van der Waals surface area contributed by atoms with Crippen LogP contribution in [0.25, 0.3) is 0 Å². The van der Waals surface area contributed by atoms with Crippen molar-refractivity contribution in [2.45, 2.75) is 79.2 Å². The topological polar surface area (TPSA) is 96.0 Å². The quantitative estimate of drug-likeness (QED) is 0.177. The predicted octanol–water partition coefficient (Wildman–Crippen LogP) is 4.81. The number of rotatable bonds is 3. The Bertz CT molecular complexity index is 1210. The fraction of sp³-hybridized carbons (Fsp3) is 0.667. The molecular formula is C30H36O7.